The highest BCUT2D eigenvalue weighted by Crippen LogP contribution is 2.21. The van der Waals surface area contributed by atoms with Crippen molar-refractivity contribution < 1.29 is 22.3 Å². The molecule has 0 radical (unpaired) electrons. The van der Waals surface area contributed by atoms with Crippen LogP contribution in [0, 0.1) is 5.92 Å². The van der Waals surface area contributed by atoms with Gasteiger partial charge in [-0.05, 0) is 19.3 Å². The molecule has 15 heavy (non-hydrogen) atoms. The number of aliphatic hydroxyl groups excluding tert-OH is 1. The highest BCUT2D eigenvalue weighted by Gasteiger charge is 2.29. The average molecular weight is 240 g/mol. The zero-order valence-electron chi connectivity index (χ0n) is 9.43. The number of aliphatic hydroxyl groups is 1. The first-order chi connectivity index (χ1) is 6.68. The molecule has 0 fully saturated rings. The molecule has 0 rings (SSSR count). The third kappa shape index (κ3) is 7.72. The minimum Gasteiger partial charge on any atom is -0.393 e. The number of hydrogen-bond acceptors (Lipinski definition) is 4. The Bertz CT molecular complexity index is 272. The lowest BCUT2D eigenvalue weighted by molar-refractivity contribution is 0.0119. The first-order valence-electron chi connectivity index (χ1n) is 4.97. The average Bonchev–Trinajstić information content (AvgIpc) is 2.00. The van der Waals surface area contributed by atoms with Crippen LogP contribution in [0.5, 0.6) is 0 Å². The van der Waals surface area contributed by atoms with E-state index in [0.29, 0.717) is 12.3 Å². The molecule has 0 heterocycles. The first kappa shape index (κ1) is 14.8. The number of rotatable bonds is 7. The summed E-state index contributed by atoms with van der Waals surface area (Å²) in [6, 6.07) is 0. The predicted molar refractivity (Wildman–Crippen MR) is 56.8 cm³/mol. The van der Waals surface area contributed by atoms with Crippen molar-refractivity contribution in [3.8, 4) is 0 Å². The van der Waals surface area contributed by atoms with E-state index in [1.54, 1.807) is 0 Å². The molecule has 0 aliphatic rings. The Labute approximate surface area is 91.4 Å². The van der Waals surface area contributed by atoms with Crippen LogP contribution < -0.4 is 0 Å². The van der Waals surface area contributed by atoms with Gasteiger partial charge in [0.15, 0.2) is 0 Å². The van der Waals surface area contributed by atoms with E-state index in [1.807, 2.05) is 0 Å². The van der Waals surface area contributed by atoms with Crippen molar-refractivity contribution in [2.24, 2.45) is 5.92 Å². The third-order valence-electron chi connectivity index (χ3n) is 2.13. The lowest BCUT2D eigenvalue weighted by Crippen LogP contribution is -2.35. The van der Waals surface area contributed by atoms with Gasteiger partial charge >= 0.3 is 10.4 Å². The summed E-state index contributed by atoms with van der Waals surface area (Å²) in [7, 11) is -4.50. The lowest BCUT2D eigenvalue weighted by Gasteiger charge is -2.25. The van der Waals surface area contributed by atoms with Gasteiger partial charge < -0.3 is 5.11 Å². The van der Waals surface area contributed by atoms with Crippen molar-refractivity contribution in [3.63, 3.8) is 0 Å². The smallest absolute Gasteiger partial charge is 0.393 e. The van der Waals surface area contributed by atoms with Crippen LogP contribution in [0.15, 0.2) is 0 Å². The second-order valence-electron chi connectivity index (χ2n) is 4.41. The number of hydrogen-bond donors (Lipinski definition) is 2. The van der Waals surface area contributed by atoms with Crippen molar-refractivity contribution in [2.45, 2.75) is 45.6 Å². The largest absolute Gasteiger partial charge is 0.397 e. The van der Waals surface area contributed by atoms with E-state index in [9.17, 15) is 8.42 Å². The van der Waals surface area contributed by atoms with Gasteiger partial charge in [-0.2, -0.15) is 8.42 Å². The summed E-state index contributed by atoms with van der Waals surface area (Å²) in [4.78, 5) is 0. The third-order valence-corrected chi connectivity index (χ3v) is 2.74. The second-order valence-corrected chi connectivity index (χ2v) is 5.43. The molecule has 6 heteroatoms. The Morgan fingerprint density at radius 3 is 2.27 bits per heavy atom. The Morgan fingerprint density at radius 1 is 1.40 bits per heavy atom. The second kappa shape index (κ2) is 5.79. The monoisotopic (exact) mass is 240 g/mol. The standard InChI is InChI=1S/C9H20O5S/c1-8(2)5-4-6-9(3,7-10)14-15(11,12)13/h8,10H,4-7H2,1-3H3,(H,11,12,13). The van der Waals surface area contributed by atoms with E-state index < -0.39 is 22.6 Å². The predicted octanol–water partition coefficient (Wildman–Crippen LogP) is 1.38. The van der Waals surface area contributed by atoms with Crippen LogP contribution in [0.25, 0.3) is 0 Å². The van der Waals surface area contributed by atoms with E-state index in [2.05, 4.69) is 18.0 Å². The Hall–Kier alpha value is -0.170. The molecule has 0 saturated heterocycles. The quantitative estimate of drug-likeness (QED) is 0.657. The molecule has 2 N–H and O–H groups in total. The molecule has 0 saturated carbocycles. The van der Waals surface area contributed by atoms with Crippen molar-refractivity contribution in [2.75, 3.05) is 6.61 Å². The van der Waals surface area contributed by atoms with E-state index in [1.165, 1.54) is 6.92 Å². The van der Waals surface area contributed by atoms with Crippen LogP contribution in [0.1, 0.15) is 40.0 Å². The summed E-state index contributed by atoms with van der Waals surface area (Å²) in [5, 5.41) is 9.01. The van der Waals surface area contributed by atoms with Gasteiger partial charge in [-0.1, -0.05) is 26.7 Å². The summed E-state index contributed by atoms with van der Waals surface area (Å²) in [6.45, 7) is 5.13. The summed E-state index contributed by atoms with van der Waals surface area (Å²) < 4.78 is 34.0. The van der Waals surface area contributed by atoms with Crippen LogP contribution in [-0.4, -0.2) is 30.3 Å². The summed E-state index contributed by atoms with van der Waals surface area (Å²) in [6.07, 6.45) is 2.05. The van der Waals surface area contributed by atoms with E-state index in [4.69, 9.17) is 9.66 Å². The molecular weight excluding hydrogens is 220 g/mol. The molecule has 0 bridgehead atoms. The van der Waals surface area contributed by atoms with Gasteiger partial charge in [0.25, 0.3) is 0 Å². The molecule has 1 atom stereocenters. The maximum absolute atomic E-state index is 10.5. The van der Waals surface area contributed by atoms with Gasteiger partial charge in [-0.3, -0.25) is 4.55 Å². The molecule has 0 aromatic carbocycles. The molecule has 0 aromatic heterocycles. The highest BCUT2D eigenvalue weighted by molar-refractivity contribution is 7.80. The molecule has 0 amide bonds. The zero-order chi connectivity index (χ0) is 12.1. The molecular formula is C9H20O5S. The SMILES string of the molecule is CC(C)CCCC(C)(CO)OS(=O)(=O)O. The maximum Gasteiger partial charge on any atom is 0.397 e. The fraction of sp³-hybridized carbons (Fsp3) is 1.00. The van der Waals surface area contributed by atoms with Gasteiger partial charge in [-0.15, -0.1) is 0 Å². The van der Waals surface area contributed by atoms with Crippen LogP contribution >= 0.6 is 0 Å². The van der Waals surface area contributed by atoms with Crippen molar-refractivity contribution >= 4 is 10.4 Å². The van der Waals surface area contributed by atoms with E-state index >= 15 is 0 Å². The molecule has 0 aliphatic carbocycles. The normalized spacial score (nSPS) is 16.7. The Balaban J connectivity index is 4.20. The molecule has 5 nitrogen and oxygen atoms in total. The Morgan fingerprint density at radius 2 is 1.93 bits per heavy atom. The molecule has 0 aromatic rings. The van der Waals surface area contributed by atoms with E-state index in [0.717, 1.165) is 12.8 Å². The van der Waals surface area contributed by atoms with Crippen molar-refractivity contribution in [3.05, 3.63) is 0 Å². The lowest BCUT2D eigenvalue weighted by atomic mass is 9.97. The Kier molecular flexibility index (Phi) is 5.72. The summed E-state index contributed by atoms with van der Waals surface area (Å²) in [5.74, 6) is 0.513. The molecule has 92 valence electrons. The van der Waals surface area contributed by atoms with Crippen LogP contribution in [-0.2, 0) is 14.6 Å². The topological polar surface area (TPSA) is 83.8 Å². The zero-order valence-corrected chi connectivity index (χ0v) is 10.2. The van der Waals surface area contributed by atoms with E-state index in [-0.39, 0.29) is 0 Å². The summed E-state index contributed by atoms with van der Waals surface area (Å²) in [5.41, 5.74) is -1.22. The first-order valence-corrected chi connectivity index (χ1v) is 6.34. The van der Waals surface area contributed by atoms with Crippen LogP contribution in [0.3, 0.4) is 0 Å². The fourth-order valence-electron chi connectivity index (χ4n) is 1.29. The van der Waals surface area contributed by atoms with Gasteiger partial charge in [-0.25, -0.2) is 4.18 Å². The molecule has 0 aliphatic heterocycles. The maximum atomic E-state index is 10.5. The van der Waals surface area contributed by atoms with Crippen LogP contribution in [0.2, 0.25) is 0 Å². The van der Waals surface area contributed by atoms with Crippen molar-refractivity contribution in [1.29, 1.82) is 0 Å². The molecule has 0 spiro atoms. The minimum absolute atomic E-state index is 0.390. The molecule has 1 unspecified atom stereocenters. The van der Waals surface area contributed by atoms with Gasteiger partial charge in [0.05, 0.1) is 6.61 Å². The highest BCUT2D eigenvalue weighted by atomic mass is 32.3. The van der Waals surface area contributed by atoms with Gasteiger partial charge in [0.2, 0.25) is 0 Å². The van der Waals surface area contributed by atoms with Crippen molar-refractivity contribution in [1.82, 2.24) is 0 Å². The fourth-order valence-corrected chi connectivity index (χ4v) is 1.93. The van der Waals surface area contributed by atoms with Gasteiger partial charge in [0.1, 0.15) is 5.60 Å². The minimum atomic E-state index is -4.50. The van der Waals surface area contributed by atoms with Gasteiger partial charge in [0, 0.05) is 0 Å². The summed E-state index contributed by atoms with van der Waals surface area (Å²) >= 11 is 0. The van der Waals surface area contributed by atoms with Crippen LogP contribution in [0.4, 0.5) is 0 Å².